The van der Waals surface area contributed by atoms with Gasteiger partial charge in [-0.15, -0.1) is 0 Å². The Balaban J connectivity index is 1.63. The SMILES string of the molecule is C=C(c1ccc(C)c(N)c1)N1CCC(c2ccc(OC)cc2)CC1. The predicted molar refractivity (Wildman–Crippen MR) is 101 cm³/mol. The fourth-order valence-electron chi connectivity index (χ4n) is 3.36. The number of ether oxygens (including phenoxy) is 1. The Morgan fingerprint density at radius 2 is 1.79 bits per heavy atom. The van der Waals surface area contributed by atoms with Crippen molar-refractivity contribution in [2.75, 3.05) is 25.9 Å². The molecule has 24 heavy (non-hydrogen) atoms. The van der Waals surface area contributed by atoms with Crippen LogP contribution in [0, 0.1) is 6.92 Å². The van der Waals surface area contributed by atoms with E-state index < -0.39 is 0 Å². The van der Waals surface area contributed by atoms with Crippen LogP contribution in [0.15, 0.2) is 49.0 Å². The number of nitrogen functional groups attached to an aromatic ring is 1. The zero-order valence-electron chi connectivity index (χ0n) is 14.6. The first kappa shape index (κ1) is 16.4. The van der Waals surface area contributed by atoms with Crippen LogP contribution in [-0.4, -0.2) is 25.1 Å². The summed E-state index contributed by atoms with van der Waals surface area (Å²) in [6.45, 7) is 8.39. The molecule has 1 fully saturated rings. The van der Waals surface area contributed by atoms with Crippen LogP contribution in [0.2, 0.25) is 0 Å². The predicted octanol–water partition coefficient (Wildman–Crippen LogP) is 4.44. The van der Waals surface area contributed by atoms with Crippen LogP contribution >= 0.6 is 0 Å². The molecule has 1 aliphatic rings. The molecule has 3 rings (SSSR count). The molecule has 0 aromatic heterocycles. The Bertz CT molecular complexity index is 713. The molecule has 3 heteroatoms. The maximum atomic E-state index is 6.04. The number of hydrogen-bond acceptors (Lipinski definition) is 3. The molecule has 1 saturated heterocycles. The first-order valence-electron chi connectivity index (χ1n) is 8.53. The third-order valence-electron chi connectivity index (χ3n) is 5.08. The maximum absolute atomic E-state index is 6.04. The van der Waals surface area contributed by atoms with Gasteiger partial charge in [-0.2, -0.15) is 0 Å². The van der Waals surface area contributed by atoms with Gasteiger partial charge in [0.25, 0.3) is 0 Å². The lowest BCUT2D eigenvalue weighted by Crippen LogP contribution is -2.31. The van der Waals surface area contributed by atoms with E-state index in [1.807, 2.05) is 13.0 Å². The second-order valence-electron chi connectivity index (χ2n) is 6.55. The number of anilines is 1. The van der Waals surface area contributed by atoms with E-state index in [2.05, 4.69) is 47.9 Å². The molecule has 0 aliphatic carbocycles. The highest BCUT2D eigenvalue weighted by Crippen LogP contribution is 2.32. The minimum atomic E-state index is 0.614. The standard InChI is InChI=1S/C21H26N2O/c1-15-4-5-19(14-21(15)22)16(2)23-12-10-18(11-13-23)17-6-8-20(24-3)9-7-17/h4-9,14,18H,2,10-13,22H2,1,3H3. The first-order valence-corrected chi connectivity index (χ1v) is 8.53. The van der Waals surface area contributed by atoms with Crippen molar-refractivity contribution in [2.45, 2.75) is 25.7 Å². The lowest BCUT2D eigenvalue weighted by molar-refractivity contribution is 0.299. The molecule has 0 amide bonds. The topological polar surface area (TPSA) is 38.5 Å². The molecule has 2 N–H and O–H groups in total. The van der Waals surface area contributed by atoms with Crippen molar-refractivity contribution < 1.29 is 4.74 Å². The smallest absolute Gasteiger partial charge is 0.118 e. The molecule has 0 unspecified atom stereocenters. The van der Waals surface area contributed by atoms with Crippen molar-refractivity contribution in [1.82, 2.24) is 4.90 Å². The van der Waals surface area contributed by atoms with E-state index in [4.69, 9.17) is 10.5 Å². The van der Waals surface area contributed by atoms with Gasteiger partial charge in [0.05, 0.1) is 7.11 Å². The van der Waals surface area contributed by atoms with Crippen molar-refractivity contribution in [3.05, 3.63) is 65.7 Å². The van der Waals surface area contributed by atoms with Crippen LogP contribution in [0.4, 0.5) is 5.69 Å². The summed E-state index contributed by atoms with van der Waals surface area (Å²) in [5.74, 6) is 1.53. The number of methoxy groups -OCH3 is 1. The molecular weight excluding hydrogens is 296 g/mol. The number of nitrogens with two attached hydrogens (primary N) is 1. The summed E-state index contributed by atoms with van der Waals surface area (Å²) < 4.78 is 5.24. The van der Waals surface area contributed by atoms with E-state index >= 15 is 0 Å². The normalized spacial score (nSPS) is 15.3. The molecule has 0 radical (unpaired) electrons. The Kier molecular flexibility index (Phi) is 4.79. The minimum absolute atomic E-state index is 0.614. The van der Waals surface area contributed by atoms with Crippen molar-refractivity contribution in [1.29, 1.82) is 0 Å². The van der Waals surface area contributed by atoms with Gasteiger partial charge in [-0.05, 0) is 60.6 Å². The lowest BCUT2D eigenvalue weighted by atomic mass is 9.89. The molecule has 0 atom stereocenters. The van der Waals surface area contributed by atoms with Gasteiger partial charge in [0.15, 0.2) is 0 Å². The average Bonchev–Trinajstić information content (AvgIpc) is 2.63. The van der Waals surface area contributed by atoms with E-state index in [1.54, 1.807) is 7.11 Å². The van der Waals surface area contributed by atoms with E-state index in [-0.39, 0.29) is 0 Å². The van der Waals surface area contributed by atoms with Crippen molar-refractivity contribution in [3.63, 3.8) is 0 Å². The van der Waals surface area contributed by atoms with E-state index in [0.29, 0.717) is 5.92 Å². The summed E-state index contributed by atoms with van der Waals surface area (Å²) in [5, 5.41) is 0. The third kappa shape index (κ3) is 3.40. The monoisotopic (exact) mass is 322 g/mol. The van der Waals surface area contributed by atoms with Gasteiger partial charge in [0.2, 0.25) is 0 Å². The third-order valence-corrected chi connectivity index (χ3v) is 5.08. The molecule has 3 nitrogen and oxygen atoms in total. The highest BCUT2D eigenvalue weighted by atomic mass is 16.5. The largest absolute Gasteiger partial charge is 0.497 e. The highest BCUT2D eigenvalue weighted by Gasteiger charge is 2.22. The second-order valence-corrected chi connectivity index (χ2v) is 6.55. The van der Waals surface area contributed by atoms with Gasteiger partial charge in [-0.1, -0.05) is 30.8 Å². The van der Waals surface area contributed by atoms with Crippen molar-refractivity contribution >= 4 is 11.4 Å². The number of rotatable bonds is 4. The second kappa shape index (κ2) is 7.00. The van der Waals surface area contributed by atoms with Crippen molar-refractivity contribution in [3.8, 4) is 5.75 Å². The van der Waals surface area contributed by atoms with Gasteiger partial charge in [-0.3, -0.25) is 0 Å². The van der Waals surface area contributed by atoms with Crippen LogP contribution in [0.25, 0.3) is 5.70 Å². The summed E-state index contributed by atoms with van der Waals surface area (Å²) in [5.41, 5.74) is 11.6. The van der Waals surface area contributed by atoms with Gasteiger partial charge in [-0.25, -0.2) is 0 Å². The van der Waals surface area contributed by atoms with Crippen molar-refractivity contribution in [2.24, 2.45) is 0 Å². The highest BCUT2D eigenvalue weighted by molar-refractivity contribution is 5.66. The summed E-state index contributed by atoms with van der Waals surface area (Å²) in [6, 6.07) is 14.7. The van der Waals surface area contributed by atoms with Gasteiger partial charge < -0.3 is 15.4 Å². The molecule has 126 valence electrons. The Labute approximate surface area is 144 Å². The zero-order chi connectivity index (χ0) is 17.1. The lowest BCUT2D eigenvalue weighted by Gasteiger charge is -2.35. The molecule has 1 heterocycles. The van der Waals surface area contributed by atoms with E-state index in [0.717, 1.165) is 54.2 Å². The molecule has 1 aliphatic heterocycles. The van der Waals surface area contributed by atoms with Gasteiger partial charge in [0, 0.05) is 24.5 Å². The average molecular weight is 322 g/mol. The number of aryl methyl sites for hydroxylation is 1. The van der Waals surface area contributed by atoms with Gasteiger partial charge in [0.1, 0.15) is 5.75 Å². The fraction of sp³-hybridized carbons (Fsp3) is 0.333. The van der Waals surface area contributed by atoms with Crippen LogP contribution < -0.4 is 10.5 Å². The van der Waals surface area contributed by atoms with Gasteiger partial charge >= 0.3 is 0 Å². The molecule has 0 spiro atoms. The molecule has 0 bridgehead atoms. The molecule has 2 aromatic carbocycles. The minimum Gasteiger partial charge on any atom is -0.497 e. The van der Waals surface area contributed by atoms with Crippen LogP contribution in [0.5, 0.6) is 5.75 Å². The Hall–Kier alpha value is -2.42. The number of nitrogens with zero attached hydrogens (tertiary/aromatic N) is 1. The summed E-state index contributed by atoms with van der Waals surface area (Å²) in [7, 11) is 1.71. The zero-order valence-corrected chi connectivity index (χ0v) is 14.6. The summed E-state index contributed by atoms with van der Waals surface area (Å²) >= 11 is 0. The molecular formula is C21H26N2O. The van der Waals surface area contributed by atoms with Crippen LogP contribution in [0.1, 0.15) is 35.4 Å². The number of piperidine rings is 1. The number of likely N-dealkylation sites (tertiary alicyclic amines) is 1. The van der Waals surface area contributed by atoms with E-state index in [9.17, 15) is 0 Å². The van der Waals surface area contributed by atoms with E-state index in [1.165, 1.54) is 5.56 Å². The Morgan fingerprint density at radius 3 is 2.38 bits per heavy atom. The molecule has 2 aromatic rings. The maximum Gasteiger partial charge on any atom is 0.118 e. The fourth-order valence-corrected chi connectivity index (χ4v) is 3.36. The number of hydrogen-bond donors (Lipinski definition) is 1. The Morgan fingerprint density at radius 1 is 1.12 bits per heavy atom. The molecule has 0 saturated carbocycles. The van der Waals surface area contributed by atoms with Crippen LogP contribution in [-0.2, 0) is 0 Å². The first-order chi connectivity index (χ1) is 11.6. The summed E-state index contributed by atoms with van der Waals surface area (Å²) in [6.07, 6.45) is 2.29. The quantitative estimate of drug-likeness (QED) is 0.846. The van der Waals surface area contributed by atoms with Crippen LogP contribution in [0.3, 0.4) is 0 Å². The number of benzene rings is 2. The summed E-state index contributed by atoms with van der Waals surface area (Å²) in [4.78, 5) is 2.38.